The van der Waals surface area contributed by atoms with Crippen LogP contribution in [0, 0.1) is 16.0 Å². The second-order valence-corrected chi connectivity index (χ2v) is 7.00. The molecule has 1 aliphatic carbocycles. The first kappa shape index (κ1) is 15.3. The number of hydrogen-bond donors (Lipinski definition) is 1. The van der Waals surface area contributed by atoms with E-state index < -0.39 is 12.0 Å². The predicted molar refractivity (Wildman–Crippen MR) is 86.6 cm³/mol. The van der Waals surface area contributed by atoms with Gasteiger partial charge in [-0.05, 0) is 17.7 Å². The van der Waals surface area contributed by atoms with Gasteiger partial charge in [0, 0.05) is 48.2 Å². The molecule has 6 nitrogen and oxygen atoms in total. The van der Waals surface area contributed by atoms with Crippen molar-refractivity contribution >= 4 is 23.4 Å². The molecule has 118 valence electrons. The van der Waals surface area contributed by atoms with Crippen molar-refractivity contribution in [2.75, 3.05) is 29.9 Å². The minimum Gasteiger partial charge on any atom is -0.326 e. The molecule has 1 heterocycles. The number of nitrogens with zero attached hydrogens (tertiary/aromatic N) is 2. The van der Waals surface area contributed by atoms with Crippen LogP contribution < -0.4 is 5.32 Å². The van der Waals surface area contributed by atoms with E-state index in [2.05, 4.69) is 10.2 Å². The molecule has 22 heavy (non-hydrogen) atoms. The Bertz CT molecular complexity index is 575. The van der Waals surface area contributed by atoms with E-state index in [-0.39, 0.29) is 10.8 Å². The number of thioether (sulfide) groups is 1. The van der Waals surface area contributed by atoms with Crippen LogP contribution in [-0.4, -0.2) is 46.4 Å². The summed E-state index contributed by atoms with van der Waals surface area (Å²) >= 11 is 1.98. The summed E-state index contributed by atoms with van der Waals surface area (Å²) in [6.07, 6.45) is 0.351. The molecule has 2 atom stereocenters. The Kier molecular flexibility index (Phi) is 4.63. The summed E-state index contributed by atoms with van der Waals surface area (Å²) in [5.41, 5.74) is 1.88. The molecule has 1 saturated heterocycles. The molecule has 3 rings (SSSR count). The first-order valence-corrected chi connectivity index (χ1v) is 8.62. The van der Waals surface area contributed by atoms with E-state index in [0.29, 0.717) is 6.42 Å². The number of hydrogen-bond acceptors (Lipinski definition) is 5. The van der Waals surface area contributed by atoms with Crippen LogP contribution in [0.25, 0.3) is 0 Å². The average molecular weight is 321 g/mol. The standard InChI is InChI=1S/C15H19N3O3S/c19-15(13-9-14(13)18(20)21)16-12-3-1-2-11(8-12)10-17-4-6-22-7-5-17/h1-3,8,13-14H,4-7,9-10H2,(H,16,19)/t13-,14-/m1/s1. The van der Waals surface area contributed by atoms with Crippen LogP contribution in [0.4, 0.5) is 5.69 Å². The quantitative estimate of drug-likeness (QED) is 0.661. The molecular formula is C15H19N3O3S. The molecular weight excluding hydrogens is 302 g/mol. The van der Waals surface area contributed by atoms with E-state index in [9.17, 15) is 14.9 Å². The van der Waals surface area contributed by atoms with Crippen molar-refractivity contribution in [3.63, 3.8) is 0 Å². The number of carbonyl (C=O) groups excluding carboxylic acids is 1. The number of amides is 1. The van der Waals surface area contributed by atoms with Crippen LogP contribution >= 0.6 is 11.8 Å². The van der Waals surface area contributed by atoms with Crippen molar-refractivity contribution in [3.05, 3.63) is 39.9 Å². The molecule has 7 heteroatoms. The highest BCUT2D eigenvalue weighted by Gasteiger charge is 2.53. The highest BCUT2D eigenvalue weighted by molar-refractivity contribution is 7.99. The van der Waals surface area contributed by atoms with E-state index in [1.165, 1.54) is 11.5 Å². The molecule has 0 spiro atoms. The summed E-state index contributed by atoms with van der Waals surface area (Å²) in [5, 5.41) is 13.4. The first-order chi connectivity index (χ1) is 10.6. The molecule has 1 aliphatic heterocycles. The van der Waals surface area contributed by atoms with Crippen LogP contribution in [0.2, 0.25) is 0 Å². The summed E-state index contributed by atoms with van der Waals surface area (Å²) < 4.78 is 0. The Morgan fingerprint density at radius 1 is 1.41 bits per heavy atom. The topological polar surface area (TPSA) is 75.5 Å². The number of nitro groups is 1. The Labute approximate surface area is 133 Å². The third-order valence-corrected chi connectivity index (χ3v) is 5.01. The van der Waals surface area contributed by atoms with Gasteiger partial charge in [0.15, 0.2) is 0 Å². The molecule has 0 unspecified atom stereocenters. The summed E-state index contributed by atoms with van der Waals surface area (Å²) in [6.45, 7) is 3.06. The van der Waals surface area contributed by atoms with Crippen molar-refractivity contribution < 1.29 is 9.72 Å². The van der Waals surface area contributed by atoms with Gasteiger partial charge in [-0.1, -0.05) is 12.1 Å². The normalized spacial score (nSPS) is 24.7. The van der Waals surface area contributed by atoms with Crippen LogP contribution in [0.3, 0.4) is 0 Å². The fourth-order valence-corrected chi connectivity index (χ4v) is 3.67. The monoisotopic (exact) mass is 321 g/mol. The van der Waals surface area contributed by atoms with E-state index in [0.717, 1.165) is 30.9 Å². The molecule has 1 aromatic carbocycles. The zero-order chi connectivity index (χ0) is 15.5. The molecule has 1 N–H and O–H groups in total. The maximum atomic E-state index is 12.0. The minimum atomic E-state index is -0.700. The Morgan fingerprint density at radius 3 is 2.86 bits per heavy atom. The molecule has 0 aromatic heterocycles. The van der Waals surface area contributed by atoms with Gasteiger partial charge in [-0.2, -0.15) is 11.8 Å². The highest BCUT2D eigenvalue weighted by Crippen LogP contribution is 2.34. The molecule has 1 amide bonds. The second kappa shape index (κ2) is 6.66. The molecule has 0 radical (unpaired) electrons. The van der Waals surface area contributed by atoms with Crippen molar-refractivity contribution in [1.29, 1.82) is 0 Å². The smallest absolute Gasteiger partial charge is 0.234 e. The van der Waals surface area contributed by atoms with Gasteiger partial charge in [-0.25, -0.2) is 0 Å². The van der Waals surface area contributed by atoms with Gasteiger partial charge in [0.25, 0.3) is 0 Å². The van der Waals surface area contributed by atoms with Crippen molar-refractivity contribution in [2.24, 2.45) is 5.92 Å². The summed E-state index contributed by atoms with van der Waals surface area (Å²) in [6, 6.07) is 7.06. The lowest BCUT2D eigenvalue weighted by Crippen LogP contribution is -2.31. The van der Waals surface area contributed by atoms with Crippen LogP contribution in [0.5, 0.6) is 0 Å². The van der Waals surface area contributed by atoms with Crippen LogP contribution in [-0.2, 0) is 11.3 Å². The second-order valence-electron chi connectivity index (χ2n) is 5.77. The number of benzene rings is 1. The van der Waals surface area contributed by atoms with Crippen LogP contribution in [0.15, 0.2) is 24.3 Å². The van der Waals surface area contributed by atoms with E-state index >= 15 is 0 Å². The SMILES string of the molecule is O=C(Nc1cccc(CN2CCSCC2)c1)[C@@H]1C[C@H]1[N+](=O)[O-]. The number of carbonyl (C=O) groups is 1. The van der Waals surface area contributed by atoms with Gasteiger partial charge in [0.05, 0.1) is 0 Å². The minimum absolute atomic E-state index is 0.242. The molecule has 0 bridgehead atoms. The van der Waals surface area contributed by atoms with Gasteiger partial charge in [-0.15, -0.1) is 0 Å². The fraction of sp³-hybridized carbons (Fsp3) is 0.533. The van der Waals surface area contributed by atoms with Gasteiger partial charge >= 0.3 is 0 Å². The Morgan fingerprint density at radius 2 is 2.18 bits per heavy atom. The highest BCUT2D eigenvalue weighted by atomic mass is 32.2. The van der Waals surface area contributed by atoms with E-state index in [4.69, 9.17) is 0 Å². The zero-order valence-electron chi connectivity index (χ0n) is 12.2. The predicted octanol–water partition coefficient (Wildman–Crippen LogP) is 1.84. The average Bonchev–Trinajstić information content (AvgIpc) is 3.29. The lowest BCUT2D eigenvalue weighted by molar-refractivity contribution is -0.497. The maximum absolute atomic E-state index is 12.0. The van der Waals surface area contributed by atoms with Crippen molar-refractivity contribution in [2.45, 2.75) is 19.0 Å². The molecule has 2 aliphatic rings. The molecule has 2 fully saturated rings. The van der Waals surface area contributed by atoms with Crippen molar-refractivity contribution in [3.8, 4) is 0 Å². The van der Waals surface area contributed by atoms with Gasteiger partial charge < -0.3 is 5.32 Å². The summed E-state index contributed by atoms with van der Waals surface area (Å²) in [4.78, 5) is 24.6. The number of nitrogens with one attached hydrogen (secondary N) is 1. The van der Waals surface area contributed by atoms with E-state index in [1.54, 1.807) is 0 Å². The molecule has 1 saturated carbocycles. The first-order valence-electron chi connectivity index (χ1n) is 7.47. The number of rotatable bonds is 5. The Balaban J connectivity index is 1.57. The molecule has 1 aromatic rings. The Hall–Kier alpha value is -1.60. The van der Waals surface area contributed by atoms with Crippen molar-refractivity contribution in [1.82, 2.24) is 4.90 Å². The number of anilines is 1. The summed E-state index contributed by atoms with van der Waals surface area (Å²) in [5.74, 6) is 1.62. The van der Waals surface area contributed by atoms with Gasteiger partial charge in [0.1, 0.15) is 5.92 Å². The maximum Gasteiger partial charge on any atom is 0.234 e. The van der Waals surface area contributed by atoms with Gasteiger partial charge in [0.2, 0.25) is 11.9 Å². The lowest BCUT2D eigenvalue weighted by Gasteiger charge is -2.26. The lowest BCUT2D eigenvalue weighted by atomic mass is 10.2. The third-order valence-electron chi connectivity index (χ3n) is 4.07. The fourth-order valence-electron chi connectivity index (χ4n) is 2.70. The largest absolute Gasteiger partial charge is 0.326 e. The van der Waals surface area contributed by atoms with E-state index in [1.807, 2.05) is 36.0 Å². The van der Waals surface area contributed by atoms with Gasteiger partial charge in [-0.3, -0.25) is 19.8 Å². The summed E-state index contributed by atoms with van der Waals surface area (Å²) in [7, 11) is 0. The zero-order valence-corrected chi connectivity index (χ0v) is 13.1. The third kappa shape index (κ3) is 3.78. The van der Waals surface area contributed by atoms with Crippen LogP contribution in [0.1, 0.15) is 12.0 Å².